The Kier molecular flexibility index (Phi) is 6.71. The molecule has 0 aliphatic carbocycles. The summed E-state index contributed by atoms with van der Waals surface area (Å²) in [6.45, 7) is 1.14. The molecule has 0 radical (unpaired) electrons. The van der Waals surface area contributed by atoms with Crippen LogP contribution in [0.2, 0.25) is 0 Å². The molecule has 3 N–H and O–H groups in total. The van der Waals surface area contributed by atoms with Gasteiger partial charge in [0.1, 0.15) is 5.54 Å². The summed E-state index contributed by atoms with van der Waals surface area (Å²) in [4.78, 5) is 70.6. The Morgan fingerprint density at radius 2 is 1.48 bits per heavy atom. The third-order valence-electron chi connectivity index (χ3n) is 7.74. The highest BCUT2D eigenvalue weighted by Crippen LogP contribution is 2.41. The number of rotatable bonds is 7. The van der Waals surface area contributed by atoms with Gasteiger partial charge in [-0.3, -0.25) is 9.69 Å². The van der Waals surface area contributed by atoms with Gasteiger partial charge in [-0.15, -0.1) is 0 Å². The minimum absolute atomic E-state index is 0.0471. The van der Waals surface area contributed by atoms with Gasteiger partial charge < -0.3 is 15.2 Å². The molecule has 4 heterocycles. The number of benzene rings is 2. The van der Waals surface area contributed by atoms with Gasteiger partial charge in [-0.25, -0.2) is 39.1 Å². The van der Waals surface area contributed by atoms with Crippen LogP contribution in [0, 0.1) is 0 Å². The number of anilines is 2. The summed E-state index contributed by atoms with van der Waals surface area (Å²) < 4.78 is 0. The van der Waals surface area contributed by atoms with Crippen LogP contribution < -0.4 is 9.80 Å². The zero-order valence-corrected chi connectivity index (χ0v) is 22.2. The summed E-state index contributed by atoms with van der Waals surface area (Å²) >= 11 is 0. The summed E-state index contributed by atoms with van der Waals surface area (Å²) in [7, 11) is 0. The lowest BCUT2D eigenvalue weighted by atomic mass is 9.85. The highest BCUT2D eigenvalue weighted by molar-refractivity contribution is 6.30. The number of carboxylic acid groups (broad SMARTS) is 2. The first kappa shape index (κ1) is 26.8. The van der Waals surface area contributed by atoms with E-state index < -0.39 is 23.5 Å². The van der Waals surface area contributed by atoms with Gasteiger partial charge in [-0.1, -0.05) is 24.3 Å². The van der Waals surface area contributed by atoms with Crippen molar-refractivity contribution < 1.29 is 29.4 Å². The van der Waals surface area contributed by atoms with E-state index in [1.165, 1.54) is 35.8 Å². The first-order valence-electron chi connectivity index (χ1n) is 13.2. The Morgan fingerprint density at radius 1 is 0.857 bits per heavy atom. The van der Waals surface area contributed by atoms with Gasteiger partial charge in [0, 0.05) is 32.0 Å². The molecule has 0 atom stereocenters. The SMILES string of the molecule is O=C(O)c1ccc(-c2ccc(N3C(=O)N(c4ncccn4)C4(CCN(Cc5[nH]cnc5C(=O)O)CC4)C3=O)cc2)cc1. The predicted molar refractivity (Wildman–Crippen MR) is 149 cm³/mol. The molecule has 3 amide bonds. The van der Waals surface area contributed by atoms with Crippen LogP contribution >= 0.6 is 0 Å². The Hall–Kier alpha value is -5.43. The lowest BCUT2D eigenvalue weighted by Gasteiger charge is -2.41. The summed E-state index contributed by atoms with van der Waals surface area (Å²) in [6.07, 6.45) is 4.95. The Morgan fingerprint density at radius 3 is 2.07 bits per heavy atom. The van der Waals surface area contributed by atoms with Crippen molar-refractivity contribution in [2.24, 2.45) is 0 Å². The second kappa shape index (κ2) is 10.5. The second-order valence-corrected chi connectivity index (χ2v) is 10.1. The van der Waals surface area contributed by atoms with Crippen molar-refractivity contribution >= 4 is 35.5 Å². The molecule has 0 bridgehead atoms. The number of carbonyl (C=O) groups excluding carboxylic acids is 2. The number of imide groups is 1. The lowest BCUT2D eigenvalue weighted by molar-refractivity contribution is -0.123. The normalized spacial score (nSPS) is 16.8. The van der Waals surface area contributed by atoms with Gasteiger partial charge in [-0.05, 0) is 54.3 Å². The molecule has 2 aromatic carbocycles. The number of nitrogens with one attached hydrogen (secondary N) is 1. The molecule has 0 unspecified atom stereocenters. The molecule has 2 fully saturated rings. The van der Waals surface area contributed by atoms with E-state index in [0.717, 1.165) is 16.0 Å². The van der Waals surface area contributed by atoms with Crippen LogP contribution in [-0.4, -0.2) is 77.6 Å². The predicted octanol–water partition coefficient (Wildman–Crippen LogP) is 3.27. The highest BCUT2D eigenvalue weighted by atomic mass is 16.4. The van der Waals surface area contributed by atoms with Crippen LogP contribution in [0.15, 0.2) is 73.3 Å². The number of piperidine rings is 1. The van der Waals surface area contributed by atoms with Crippen molar-refractivity contribution in [1.29, 1.82) is 0 Å². The zero-order chi connectivity index (χ0) is 29.4. The Bertz CT molecular complexity index is 1660. The largest absolute Gasteiger partial charge is 0.478 e. The number of carboxylic acids is 2. The van der Waals surface area contributed by atoms with E-state index in [9.17, 15) is 24.3 Å². The van der Waals surface area contributed by atoms with E-state index in [1.807, 2.05) is 4.90 Å². The molecular formula is C29H25N7O6. The van der Waals surface area contributed by atoms with E-state index >= 15 is 0 Å². The van der Waals surface area contributed by atoms with Gasteiger partial charge in [0.15, 0.2) is 5.69 Å². The summed E-state index contributed by atoms with van der Waals surface area (Å²) in [5.41, 5.74) is 1.35. The van der Waals surface area contributed by atoms with E-state index in [-0.39, 0.29) is 36.0 Å². The van der Waals surface area contributed by atoms with Crippen LogP contribution in [0.25, 0.3) is 11.1 Å². The quantitative estimate of drug-likeness (QED) is 0.281. The number of hydrogen-bond acceptors (Lipinski definition) is 8. The van der Waals surface area contributed by atoms with Crippen molar-refractivity contribution in [2.45, 2.75) is 24.9 Å². The standard InChI is InChI=1S/C29H25N7O6/c37-24(38)20-4-2-18(3-5-20)19-6-8-21(9-7-19)35-26(41)29(36(28(35)42)27-30-12-1-13-31-27)10-14-34(15-11-29)16-22-23(25(39)40)33-17-32-22/h1-9,12-13,17H,10-11,14-16H2,(H,32,33)(H,37,38)(H,39,40). The topological polar surface area (TPSA) is 173 Å². The average Bonchev–Trinajstić information content (AvgIpc) is 3.55. The fraction of sp³-hybridized carbons (Fsp3) is 0.207. The number of amides is 3. The van der Waals surface area contributed by atoms with Gasteiger partial charge in [-0.2, -0.15) is 0 Å². The van der Waals surface area contributed by atoms with Crippen LogP contribution in [-0.2, 0) is 11.3 Å². The van der Waals surface area contributed by atoms with Crippen molar-refractivity contribution in [3.63, 3.8) is 0 Å². The summed E-state index contributed by atoms with van der Waals surface area (Å²) in [5.74, 6) is -2.39. The molecule has 13 heteroatoms. The third kappa shape index (κ3) is 4.55. The van der Waals surface area contributed by atoms with Crippen LogP contribution in [0.3, 0.4) is 0 Å². The van der Waals surface area contributed by atoms with Crippen molar-refractivity contribution in [1.82, 2.24) is 24.8 Å². The van der Waals surface area contributed by atoms with E-state index in [2.05, 4.69) is 19.9 Å². The number of imidazole rings is 1. The molecule has 2 aromatic heterocycles. The average molecular weight is 568 g/mol. The molecule has 2 saturated heterocycles. The maximum atomic E-state index is 14.1. The van der Waals surface area contributed by atoms with Crippen molar-refractivity contribution in [3.8, 4) is 11.1 Å². The smallest absolute Gasteiger partial charge is 0.356 e. The van der Waals surface area contributed by atoms with E-state index in [1.54, 1.807) is 42.5 Å². The first-order valence-corrected chi connectivity index (χ1v) is 13.2. The van der Waals surface area contributed by atoms with Gasteiger partial charge in [0.25, 0.3) is 5.91 Å². The third-order valence-corrected chi connectivity index (χ3v) is 7.74. The number of carbonyl (C=O) groups is 4. The molecule has 0 saturated carbocycles. The van der Waals surface area contributed by atoms with Crippen molar-refractivity contribution in [3.05, 3.63) is 90.3 Å². The van der Waals surface area contributed by atoms with E-state index in [0.29, 0.717) is 31.0 Å². The zero-order valence-electron chi connectivity index (χ0n) is 22.2. The van der Waals surface area contributed by atoms with E-state index in [4.69, 9.17) is 5.11 Å². The van der Waals surface area contributed by atoms with Gasteiger partial charge in [0.2, 0.25) is 5.95 Å². The maximum Gasteiger partial charge on any atom is 0.356 e. The number of aromatic amines is 1. The molecule has 2 aliphatic rings. The fourth-order valence-electron chi connectivity index (χ4n) is 5.56. The summed E-state index contributed by atoms with van der Waals surface area (Å²) in [5, 5.41) is 18.6. The molecule has 212 valence electrons. The minimum atomic E-state index is -1.22. The number of hydrogen-bond donors (Lipinski definition) is 3. The van der Waals surface area contributed by atoms with Crippen LogP contribution in [0.1, 0.15) is 39.4 Å². The molecule has 6 rings (SSSR count). The number of nitrogens with zero attached hydrogens (tertiary/aromatic N) is 6. The monoisotopic (exact) mass is 567 g/mol. The van der Waals surface area contributed by atoms with Gasteiger partial charge in [0.05, 0.1) is 23.3 Å². The first-order chi connectivity index (χ1) is 20.3. The fourth-order valence-corrected chi connectivity index (χ4v) is 5.56. The molecule has 13 nitrogen and oxygen atoms in total. The number of aromatic carboxylic acids is 2. The number of aromatic nitrogens is 4. The number of urea groups is 1. The molecule has 42 heavy (non-hydrogen) atoms. The number of H-pyrrole nitrogens is 1. The second-order valence-electron chi connectivity index (χ2n) is 10.1. The molecule has 1 spiro atoms. The molecule has 4 aromatic rings. The minimum Gasteiger partial charge on any atom is -0.478 e. The highest BCUT2D eigenvalue weighted by Gasteiger charge is 2.60. The lowest BCUT2D eigenvalue weighted by Crippen LogP contribution is -2.57. The maximum absolute atomic E-state index is 14.1. The van der Waals surface area contributed by atoms with Crippen LogP contribution in [0.4, 0.5) is 16.4 Å². The Balaban J connectivity index is 1.28. The van der Waals surface area contributed by atoms with Crippen molar-refractivity contribution in [2.75, 3.05) is 22.9 Å². The number of likely N-dealkylation sites (tertiary alicyclic amines) is 1. The van der Waals surface area contributed by atoms with Gasteiger partial charge >= 0.3 is 18.0 Å². The summed E-state index contributed by atoms with van der Waals surface area (Å²) in [6, 6.07) is 14.4. The van der Waals surface area contributed by atoms with Crippen LogP contribution in [0.5, 0.6) is 0 Å². The molecule has 2 aliphatic heterocycles. The Labute approximate surface area is 239 Å². The molecular weight excluding hydrogens is 542 g/mol.